The number of thioether (sulfide) groups is 1. The molecule has 1 N–H and O–H groups in total. The summed E-state index contributed by atoms with van der Waals surface area (Å²) in [6, 6.07) is 5.24. The van der Waals surface area contributed by atoms with Gasteiger partial charge in [-0.2, -0.15) is 0 Å². The molecular weight excluding hydrogens is 556 g/mol. The predicted octanol–water partition coefficient (Wildman–Crippen LogP) is 3.79. The fraction of sp³-hybridized carbons (Fsp3) is 0.536. The Labute approximate surface area is 231 Å². The van der Waals surface area contributed by atoms with Crippen LogP contribution >= 0.6 is 27.7 Å². The highest BCUT2D eigenvalue weighted by atomic mass is 79.9. The Morgan fingerprint density at radius 1 is 1.30 bits per heavy atom. The van der Waals surface area contributed by atoms with E-state index in [1.165, 1.54) is 6.08 Å². The Hall–Kier alpha value is -2.10. The molecule has 3 fully saturated rings. The second-order valence-corrected chi connectivity index (χ2v) is 12.8. The monoisotopic (exact) mass is 590 g/mol. The molecule has 200 valence electrons. The largest absolute Gasteiger partial charge is 0.461 e. The Morgan fingerprint density at radius 3 is 2.73 bits per heavy atom. The van der Waals surface area contributed by atoms with Crippen LogP contribution in [0.25, 0.3) is 0 Å². The summed E-state index contributed by atoms with van der Waals surface area (Å²) in [6.45, 7) is 12.2. The first-order valence-electron chi connectivity index (χ1n) is 12.7. The molecule has 3 heterocycles. The number of halogens is 1. The molecule has 6 atom stereocenters. The Balaban J connectivity index is 1.79. The molecule has 0 aliphatic carbocycles. The first-order chi connectivity index (χ1) is 17.7. The zero-order chi connectivity index (χ0) is 26.9. The van der Waals surface area contributed by atoms with Crippen molar-refractivity contribution in [1.82, 2.24) is 4.90 Å². The number of fused-ring (bicyclic) bond motifs is 1. The maximum atomic E-state index is 14.5. The number of esters is 1. The number of aryl methyl sites for hydroxylation is 2. The van der Waals surface area contributed by atoms with Gasteiger partial charge in [-0.1, -0.05) is 46.8 Å². The molecule has 0 saturated carbocycles. The second-order valence-electron chi connectivity index (χ2n) is 10.1. The average molecular weight is 592 g/mol. The summed E-state index contributed by atoms with van der Waals surface area (Å²) >= 11 is 5.35. The smallest absolute Gasteiger partial charge is 0.311 e. The van der Waals surface area contributed by atoms with Gasteiger partial charge < -0.3 is 19.6 Å². The average Bonchev–Trinajstić information content (AvgIpc) is 3.46. The van der Waals surface area contributed by atoms with Crippen molar-refractivity contribution in [3.63, 3.8) is 0 Å². The lowest BCUT2D eigenvalue weighted by Crippen LogP contribution is -2.55. The third-order valence-electron chi connectivity index (χ3n) is 7.68. The van der Waals surface area contributed by atoms with Gasteiger partial charge in [0.05, 0.1) is 16.6 Å². The fourth-order valence-corrected chi connectivity index (χ4v) is 9.74. The molecule has 0 aromatic heterocycles. The number of carbonyl (C=O) groups is 3. The van der Waals surface area contributed by atoms with Crippen molar-refractivity contribution < 1.29 is 24.2 Å². The highest BCUT2D eigenvalue weighted by Gasteiger charge is 2.76. The van der Waals surface area contributed by atoms with Gasteiger partial charge in [0.25, 0.3) is 5.91 Å². The number of hydrogen-bond acceptors (Lipinski definition) is 6. The van der Waals surface area contributed by atoms with E-state index in [0.717, 1.165) is 16.8 Å². The number of ether oxygens (including phenoxy) is 1. The molecule has 0 radical (unpaired) electrons. The van der Waals surface area contributed by atoms with Gasteiger partial charge in [-0.05, 0) is 50.3 Å². The molecule has 2 amide bonds. The van der Waals surface area contributed by atoms with Crippen LogP contribution in [0.4, 0.5) is 5.69 Å². The van der Waals surface area contributed by atoms with Crippen molar-refractivity contribution in [3.8, 4) is 0 Å². The van der Waals surface area contributed by atoms with Gasteiger partial charge in [0.1, 0.15) is 12.6 Å². The minimum atomic E-state index is -0.749. The van der Waals surface area contributed by atoms with E-state index in [9.17, 15) is 19.5 Å². The molecular formula is C28H35BrN2O5S. The summed E-state index contributed by atoms with van der Waals surface area (Å²) < 4.78 is 4.69. The molecule has 3 aliphatic rings. The van der Waals surface area contributed by atoms with Gasteiger partial charge in [-0.15, -0.1) is 18.3 Å². The summed E-state index contributed by atoms with van der Waals surface area (Å²) in [5, 5.41) is 9.21. The molecule has 9 heteroatoms. The zero-order valence-corrected chi connectivity index (χ0v) is 23.8. The van der Waals surface area contributed by atoms with Gasteiger partial charge in [-0.25, -0.2) is 0 Å². The predicted molar refractivity (Wildman–Crippen MR) is 150 cm³/mol. The van der Waals surface area contributed by atoms with Crippen LogP contribution in [0.5, 0.6) is 0 Å². The van der Waals surface area contributed by atoms with E-state index in [1.54, 1.807) is 27.6 Å². The quantitative estimate of drug-likeness (QED) is 0.183. The number of unbranched alkanes of at least 4 members (excludes halogenated alkanes) is 1. The molecule has 4 rings (SSSR count). The first-order valence-corrected chi connectivity index (χ1v) is 14.5. The zero-order valence-electron chi connectivity index (χ0n) is 21.4. The van der Waals surface area contributed by atoms with Gasteiger partial charge in [-0.3, -0.25) is 14.4 Å². The number of rotatable bonds is 11. The standard InChI is InChI=1S/C28H35BrN2O5S/c1-5-11-30(20-15-17(3)9-10-18(20)4)26(34)24-28-16-19(29)23(37-28)21(27(35)36-14-6-2)22(28)25(33)31(24)12-7-8-13-32/h5-6,9-10,15,19,21-24,32H,1-2,7-8,11-14,16H2,3-4H3/t19?,21-,22+,23-,24?,28?/m1/s1. The lowest BCUT2D eigenvalue weighted by molar-refractivity contribution is -0.153. The van der Waals surface area contributed by atoms with Crippen molar-refractivity contribution in [2.24, 2.45) is 11.8 Å². The van der Waals surface area contributed by atoms with Crippen LogP contribution in [0.1, 0.15) is 30.4 Å². The number of aliphatic hydroxyl groups excluding tert-OH is 1. The highest BCUT2D eigenvalue weighted by Crippen LogP contribution is 2.68. The molecule has 1 aromatic rings. The number of hydrogen-bond donors (Lipinski definition) is 1. The number of anilines is 1. The van der Waals surface area contributed by atoms with Crippen LogP contribution in [-0.2, 0) is 19.1 Å². The molecule has 37 heavy (non-hydrogen) atoms. The van der Waals surface area contributed by atoms with E-state index in [4.69, 9.17) is 4.74 Å². The van der Waals surface area contributed by atoms with Crippen LogP contribution in [0.3, 0.4) is 0 Å². The maximum Gasteiger partial charge on any atom is 0.311 e. The van der Waals surface area contributed by atoms with E-state index < -0.39 is 28.6 Å². The van der Waals surface area contributed by atoms with Crippen LogP contribution in [0, 0.1) is 25.7 Å². The minimum absolute atomic E-state index is 0.0110. The number of benzene rings is 1. The summed E-state index contributed by atoms with van der Waals surface area (Å²) in [5.41, 5.74) is 2.78. The van der Waals surface area contributed by atoms with Crippen LogP contribution in [0.15, 0.2) is 43.5 Å². The summed E-state index contributed by atoms with van der Waals surface area (Å²) in [4.78, 5) is 45.1. The maximum absolute atomic E-state index is 14.5. The molecule has 3 unspecified atom stereocenters. The molecule has 3 saturated heterocycles. The van der Waals surface area contributed by atoms with E-state index >= 15 is 0 Å². The molecule has 1 aromatic carbocycles. The summed E-state index contributed by atoms with van der Waals surface area (Å²) in [6.07, 6.45) is 4.91. The van der Waals surface area contributed by atoms with Crippen LogP contribution < -0.4 is 4.90 Å². The van der Waals surface area contributed by atoms with Gasteiger partial charge in [0, 0.05) is 35.5 Å². The highest BCUT2D eigenvalue weighted by molar-refractivity contribution is 9.09. The number of carbonyl (C=O) groups excluding carboxylic acids is 3. The molecule has 1 spiro atoms. The van der Waals surface area contributed by atoms with Gasteiger partial charge in [0.2, 0.25) is 5.91 Å². The van der Waals surface area contributed by atoms with Crippen molar-refractivity contribution in [1.29, 1.82) is 0 Å². The SMILES string of the molecule is C=CCOC(=O)[C@H]1[C@@H]2SC3(CC2Br)C(C(=O)N(CC=C)c2cc(C)ccc2C)N(CCCCO)C(=O)[C@H]13. The van der Waals surface area contributed by atoms with Crippen molar-refractivity contribution >= 4 is 51.2 Å². The number of alkyl halides is 1. The molecule has 2 bridgehead atoms. The van der Waals surface area contributed by atoms with Gasteiger partial charge >= 0.3 is 5.97 Å². The number of amides is 2. The van der Waals surface area contributed by atoms with E-state index in [-0.39, 0.29) is 35.1 Å². The topological polar surface area (TPSA) is 87.2 Å². The van der Waals surface area contributed by atoms with Gasteiger partial charge in [0.15, 0.2) is 0 Å². The van der Waals surface area contributed by atoms with Crippen LogP contribution in [0.2, 0.25) is 0 Å². The second kappa shape index (κ2) is 11.3. The third kappa shape index (κ3) is 4.79. The van der Waals surface area contributed by atoms with Crippen LogP contribution in [-0.4, -0.2) is 75.0 Å². The Kier molecular flexibility index (Phi) is 8.55. The van der Waals surface area contributed by atoms with Crippen molar-refractivity contribution in [3.05, 3.63) is 54.6 Å². The van der Waals surface area contributed by atoms with E-state index in [2.05, 4.69) is 29.1 Å². The lowest BCUT2D eigenvalue weighted by Gasteiger charge is -2.38. The van der Waals surface area contributed by atoms with E-state index in [0.29, 0.717) is 32.4 Å². The molecule has 3 aliphatic heterocycles. The van der Waals surface area contributed by atoms with Crippen molar-refractivity contribution in [2.75, 3.05) is 31.2 Å². The molecule has 7 nitrogen and oxygen atoms in total. The van der Waals surface area contributed by atoms with E-state index in [1.807, 2.05) is 32.0 Å². The Bertz CT molecular complexity index is 1100. The third-order valence-corrected chi connectivity index (χ3v) is 10.9. The number of likely N-dealkylation sites (tertiary alicyclic amines) is 1. The number of aliphatic hydroxyl groups is 1. The lowest BCUT2D eigenvalue weighted by atomic mass is 9.71. The normalized spacial score (nSPS) is 29.8. The minimum Gasteiger partial charge on any atom is -0.461 e. The summed E-state index contributed by atoms with van der Waals surface area (Å²) in [7, 11) is 0. The first kappa shape index (κ1) is 27.9. The Morgan fingerprint density at radius 2 is 2.05 bits per heavy atom. The van der Waals surface area contributed by atoms with Crippen molar-refractivity contribution in [2.45, 2.75) is 54.0 Å². The number of nitrogens with zero attached hydrogens (tertiary/aromatic N) is 2. The fourth-order valence-electron chi connectivity index (χ4n) is 6.14. The summed E-state index contributed by atoms with van der Waals surface area (Å²) in [5.74, 6) is -2.03.